The Bertz CT molecular complexity index is 887. The Hall–Kier alpha value is -2.60. The van der Waals surface area contributed by atoms with Gasteiger partial charge in [-0.15, -0.1) is 0 Å². The van der Waals surface area contributed by atoms with Crippen molar-refractivity contribution >= 4 is 29.1 Å². The lowest BCUT2D eigenvalue weighted by molar-refractivity contribution is -0.127. The van der Waals surface area contributed by atoms with E-state index in [0.717, 1.165) is 0 Å². The number of piperazine rings is 1. The van der Waals surface area contributed by atoms with Crippen LogP contribution in [-0.4, -0.2) is 42.4 Å². The van der Waals surface area contributed by atoms with Gasteiger partial charge in [-0.25, -0.2) is 4.39 Å². The summed E-state index contributed by atoms with van der Waals surface area (Å²) in [6.45, 7) is 1.23. The highest BCUT2D eigenvalue weighted by Crippen LogP contribution is 2.31. The van der Waals surface area contributed by atoms with Gasteiger partial charge in [-0.3, -0.25) is 9.59 Å². The number of rotatable bonds is 1. The van der Waals surface area contributed by atoms with Gasteiger partial charge in [-0.2, -0.15) is 0 Å². The number of carbonyl (C=O) groups is 2. The minimum atomic E-state index is -0.538. The van der Waals surface area contributed by atoms with Crippen LogP contribution in [0.4, 0.5) is 10.1 Å². The van der Waals surface area contributed by atoms with Crippen LogP contribution in [0.3, 0.4) is 0 Å². The number of hydrogen-bond donors (Lipinski definition) is 2. The largest absolute Gasteiger partial charge is 0.382 e. The van der Waals surface area contributed by atoms with E-state index >= 15 is 0 Å². The van der Waals surface area contributed by atoms with Crippen molar-refractivity contribution in [2.75, 3.05) is 25.0 Å². The molecule has 1 saturated heterocycles. The van der Waals surface area contributed by atoms with Crippen LogP contribution >= 0.6 is 11.6 Å². The quantitative estimate of drug-likeness (QED) is 0.822. The second-order valence-corrected chi connectivity index (χ2v) is 6.51. The van der Waals surface area contributed by atoms with E-state index in [1.807, 2.05) is 0 Å². The van der Waals surface area contributed by atoms with Crippen LogP contribution in [0.2, 0.25) is 5.02 Å². The van der Waals surface area contributed by atoms with Gasteiger partial charge >= 0.3 is 0 Å². The first-order valence-electron chi connectivity index (χ1n) is 7.96. The van der Waals surface area contributed by atoms with E-state index in [-0.39, 0.29) is 11.8 Å². The molecule has 2 amide bonds. The zero-order chi connectivity index (χ0) is 17.6. The van der Waals surface area contributed by atoms with E-state index in [1.54, 1.807) is 35.2 Å². The molecule has 0 aromatic heterocycles. The average molecular weight is 360 g/mol. The molecule has 4 rings (SSSR count). The Labute approximate surface area is 148 Å². The lowest BCUT2D eigenvalue weighted by Crippen LogP contribution is -2.58. The summed E-state index contributed by atoms with van der Waals surface area (Å²) in [5.41, 5.74) is 2.04. The smallest absolute Gasteiger partial charge is 0.256 e. The number of fused-ring (bicyclic) bond motifs is 2. The fourth-order valence-corrected chi connectivity index (χ4v) is 3.45. The van der Waals surface area contributed by atoms with Gasteiger partial charge in [0.2, 0.25) is 5.91 Å². The number of carbonyl (C=O) groups excluding carboxylic acids is 2. The van der Waals surface area contributed by atoms with E-state index in [0.29, 0.717) is 47.0 Å². The molecule has 0 spiro atoms. The van der Waals surface area contributed by atoms with Crippen molar-refractivity contribution in [1.82, 2.24) is 10.2 Å². The monoisotopic (exact) mass is 359 g/mol. The highest BCUT2D eigenvalue weighted by atomic mass is 35.5. The molecule has 2 heterocycles. The Morgan fingerprint density at radius 1 is 1.08 bits per heavy atom. The predicted molar refractivity (Wildman–Crippen MR) is 93.2 cm³/mol. The number of halogens is 2. The summed E-state index contributed by atoms with van der Waals surface area (Å²) < 4.78 is 14.2. The van der Waals surface area contributed by atoms with Crippen LogP contribution < -0.4 is 10.6 Å². The summed E-state index contributed by atoms with van der Waals surface area (Å²) in [7, 11) is 0. The summed E-state index contributed by atoms with van der Waals surface area (Å²) in [6, 6.07) is 9.05. The van der Waals surface area contributed by atoms with Gasteiger partial charge in [0.05, 0.1) is 5.56 Å². The molecule has 25 heavy (non-hydrogen) atoms. The summed E-state index contributed by atoms with van der Waals surface area (Å²) in [4.78, 5) is 26.5. The minimum Gasteiger partial charge on any atom is -0.382 e. The zero-order valence-electron chi connectivity index (χ0n) is 13.2. The molecule has 2 aliphatic heterocycles. The molecule has 5 nitrogen and oxygen atoms in total. The first-order valence-corrected chi connectivity index (χ1v) is 8.34. The van der Waals surface area contributed by atoms with Crippen molar-refractivity contribution in [3.8, 4) is 11.1 Å². The molecule has 128 valence electrons. The zero-order valence-corrected chi connectivity index (χ0v) is 13.9. The van der Waals surface area contributed by atoms with Crippen LogP contribution in [0.15, 0.2) is 36.4 Å². The van der Waals surface area contributed by atoms with Gasteiger partial charge in [0.1, 0.15) is 11.9 Å². The van der Waals surface area contributed by atoms with E-state index < -0.39 is 11.9 Å². The normalized spacial score (nSPS) is 19.4. The Balaban J connectivity index is 1.77. The molecule has 1 atom stereocenters. The van der Waals surface area contributed by atoms with Crippen molar-refractivity contribution < 1.29 is 14.0 Å². The molecule has 2 aromatic carbocycles. The van der Waals surface area contributed by atoms with Crippen LogP contribution in [-0.2, 0) is 4.79 Å². The topological polar surface area (TPSA) is 61.4 Å². The van der Waals surface area contributed by atoms with Gasteiger partial charge in [-0.05, 0) is 35.9 Å². The van der Waals surface area contributed by atoms with E-state index in [1.165, 1.54) is 6.07 Å². The maximum atomic E-state index is 14.2. The number of nitrogens with one attached hydrogen (secondary N) is 2. The van der Waals surface area contributed by atoms with Crippen molar-refractivity contribution in [3.05, 3.63) is 52.8 Å². The van der Waals surface area contributed by atoms with Crippen LogP contribution in [0.1, 0.15) is 10.4 Å². The summed E-state index contributed by atoms with van der Waals surface area (Å²) in [5, 5.41) is 6.24. The van der Waals surface area contributed by atoms with Crippen LogP contribution in [0, 0.1) is 5.82 Å². The lowest BCUT2D eigenvalue weighted by atomic mass is 10.0. The van der Waals surface area contributed by atoms with Crippen LogP contribution in [0.25, 0.3) is 11.1 Å². The number of nitrogens with zero attached hydrogens (tertiary/aromatic N) is 1. The van der Waals surface area contributed by atoms with Gasteiger partial charge in [0.25, 0.3) is 5.91 Å². The summed E-state index contributed by atoms with van der Waals surface area (Å²) in [6.07, 6.45) is 0. The SMILES string of the molecule is O=C1NCCN2C(=O)c3cc(-c4ccc(Cl)cc4F)ccc3NCC12. The maximum Gasteiger partial charge on any atom is 0.256 e. The predicted octanol–water partition coefficient (Wildman–Crippen LogP) is 2.51. The molecular weight excluding hydrogens is 345 g/mol. The first kappa shape index (κ1) is 15.9. The van der Waals surface area contributed by atoms with E-state index in [4.69, 9.17) is 11.6 Å². The maximum absolute atomic E-state index is 14.2. The highest BCUT2D eigenvalue weighted by molar-refractivity contribution is 6.30. The van der Waals surface area contributed by atoms with Crippen molar-refractivity contribution in [3.63, 3.8) is 0 Å². The van der Waals surface area contributed by atoms with Gasteiger partial charge in [-0.1, -0.05) is 17.7 Å². The molecule has 2 aliphatic rings. The second kappa shape index (κ2) is 6.04. The average Bonchev–Trinajstić information content (AvgIpc) is 2.73. The van der Waals surface area contributed by atoms with Gasteiger partial charge < -0.3 is 15.5 Å². The molecule has 7 heteroatoms. The van der Waals surface area contributed by atoms with E-state index in [2.05, 4.69) is 10.6 Å². The number of benzene rings is 2. The molecule has 2 N–H and O–H groups in total. The third kappa shape index (κ3) is 2.72. The number of hydrogen-bond acceptors (Lipinski definition) is 3. The highest BCUT2D eigenvalue weighted by Gasteiger charge is 2.36. The molecule has 0 saturated carbocycles. The van der Waals surface area contributed by atoms with Gasteiger partial charge in [0.15, 0.2) is 0 Å². The van der Waals surface area contributed by atoms with E-state index in [9.17, 15) is 14.0 Å². The van der Waals surface area contributed by atoms with Gasteiger partial charge in [0, 0.05) is 35.9 Å². The summed E-state index contributed by atoms with van der Waals surface area (Å²) >= 11 is 5.81. The van der Waals surface area contributed by atoms with Crippen molar-refractivity contribution in [2.24, 2.45) is 0 Å². The Kier molecular flexibility index (Phi) is 3.84. The second-order valence-electron chi connectivity index (χ2n) is 6.07. The Morgan fingerprint density at radius 2 is 1.92 bits per heavy atom. The molecule has 1 fully saturated rings. The number of amides is 2. The summed E-state index contributed by atoms with van der Waals surface area (Å²) in [5.74, 6) is -0.836. The molecule has 0 bridgehead atoms. The first-order chi connectivity index (χ1) is 12.0. The Morgan fingerprint density at radius 3 is 2.72 bits per heavy atom. The molecular formula is C18H15ClFN3O2. The van der Waals surface area contributed by atoms with Crippen molar-refractivity contribution in [1.29, 1.82) is 0 Å². The molecule has 0 aliphatic carbocycles. The molecule has 0 radical (unpaired) electrons. The fourth-order valence-electron chi connectivity index (χ4n) is 3.29. The lowest BCUT2D eigenvalue weighted by Gasteiger charge is -2.33. The fraction of sp³-hybridized carbons (Fsp3) is 0.222. The molecule has 1 unspecified atom stereocenters. The van der Waals surface area contributed by atoms with Crippen LogP contribution in [0.5, 0.6) is 0 Å². The standard InChI is InChI=1S/C18H15ClFN3O2/c19-11-2-3-12(14(20)8-11)10-1-4-15-13(7-10)18(25)23-6-5-21-17(24)16(23)9-22-15/h1-4,7-8,16,22H,5-6,9H2,(H,21,24). The minimum absolute atomic E-state index is 0.163. The third-order valence-corrected chi connectivity index (χ3v) is 4.80. The number of anilines is 1. The third-order valence-electron chi connectivity index (χ3n) is 4.57. The van der Waals surface area contributed by atoms with Crippen molar-refractivity contribution in [2.45, 2.75) is 6.04 Å². The molecule has 2 aromatic rings.